The van der Waals surface area contributed by atoms with E-state index in [2.05, 4.69) is 39.8 Å². The first-order valence-corrected chi connectivity index (χ1v) is 12.2. The Morgan fingerprint density at radius 3 is 2.61 bits per heavy atom. The molecule has 5 nitrogen and oxygen atoms in total. The molecular weight excluding hydrogens is 412 g/mol. The first-order valence-electron chi connectivity index (χ1n) is 12.2. The summed E-state index contributed by atoms with van der Waals surface area (Å²) in [5, 5.41) is 0. The molecule has 2 aromatic carbocycles. The lowest BCUT2D eigenvalue weighted by Gasteiger charge is -2.31. The highest BCUT2D eigenvalue weighted by Crippen LogP contribution is 2.48. The standard InChI is InChI=1S/C28H34N2O3/c1-6-32-22-15-20-16-27(2,3)29-24(23(20)21-17-28(4,5)33-25(21)22)18-10-9-11-19(14-18)26(31)30-12-7-8-13-30/h9-11,14-15H,6-8,12-13,16-17H2,1-5H3. The Morgan fingerprint density at radius 1 is 1.12 bits per heavy atom. The molecule has 3 aliphatic rings. The average molecular weight is 447 g/mol. The van der Waals surface area contributed by atoms with E-state index in [0.29, 0.717) is 6.61 Å². The molecule has 1 fully saturated rings. The van der Waals surface area contributed by atoms with E-state index >= 15 is 0 Å². The molecule has 33 heavy (non-hydrogen) atoms. The molecule has 5 heteroatoms. The Morgan fingerprint density at radius 2 is 1.88 bits per heavy atom. The van der Waals surface area contributed by atoms with Gasteiger partial charge in [0.1, 0.15) is 5.60 Å². The van der Waals surface area contributed by atoms with Gasteiger partial charge in [-0.3, -0.25) is 9.79 Å². The van der Waals surface area contributed by atoms with Crippen molar-refractivity contribution < 1.29 is 14.3 Å². The molecule has 1 amide bonds. The molecule has 1 saturated heterocycles. The molecule has 174 valence electrons. The summed E-state index contributed by atoms with van der Waals surface area (Å²) in [7, 11) is 0. The molecule has 0 radical (unpaired) electrons. The summed E-state index contributed by atoms with van der Waals surface area (Å²) in [6.07, 6.45) is 3.82. The van der Waals surface area contributed by atoms with Crippen LogP contribution in [0.2, 0.25) is 0 Å². The minimum absolute atomic E-state index is 0.117. The summed E-state index contributed by atoms with van der Waals surface area (Å²) >= 11 is 0. The molecule has 0 bridgehead atoms. The van der Waals surface area contributed by atoms with Gasteiger partial charge in [0.2, 0.25) is 0 Å². The third kappa shape index (κ3) is 4.03. The minimum Gasteiger partial charge on any atom is -0.490 e. The van der Waals surface area contributed by atoms with Crippen LogP contribution in [0, 0.1) is 0 Å². The van der Waals surface area contributed by atoms with Gasteiger partial charge in [0.15, 0.2) is 11.5 Å². The maximum Gasteiger partial charge on any atom is 0.253 e. The van der Waals surface area contributed by atoms with Crippen LogP contribution in [0.3, 0.4) is 0 Å². The van der Waals surface area contributed by atoms with Crippen LogP contribution in [-0.4, -0.2) is 47.4 Å². The number of rotatable bonds is 4. The van der Waals surface area contributed by atoms with Gasteiger partial charge < -0.3 is 14.4 Å². The molecule has 0 aromatic heterocycles. The summed E-state index contributed by atoms with van der Waals surface area (Å²) in [5.41, 5.74) is 5.71. The maximum atomic E-state index is 13.1. The van der Waals surface area contributed by atoms with Crippen molar-refractivity contribution in [2.24, 2.45) is 4.99 Å². The van der Waals surface area contributed by atoms with Crippen LogP contribution >= 0.6 is 0 Å². The van der Waals surface area contributed by atoms with Crippen LogP contribution in [-0.2, 0) is 12.8 Å². The maximum absolute atomic E-state index is 13.1. The lowest BCUT2D eigenvalue weighted by Crippen LogP contribution is -2.31. The minimum atomic E-state index is -0.297. The van der Waals surface area contributed by atoms with Gasteiger partial charge in [-0.2, -0.15) is 0 Å². The molecule has 0 saturated carbocycles. The van der Waals surface area contributed by atoms with E-state index < -0.39 is 0 Å². The number of carbonyl (C=O) groups is 1. The Kier molecular flexibility index (Phi) is 5.26. The van der Waals surface area contributed by atoms with E-state index in [9.17, 15) is 4.79 Å². The van der Waals surface area contributed by atoms with Gasteiger partial charge in [0, 0.05) is 41.8 Å². The normalized spacial score (nSPS) is 20.0. The highest BCUT2D eigenvalue weighted by molar-refractivity contribution is 6.16. The van der Waals surface area contributed by atoms with E-state index in [1.54, 1.807) is 0 Å². The molecule has 0 aliphatic carbocycles. The number of aliphatic imine (C=N–C) groups is 1. The average Bonchev–Trinajstić information content (AvgIpc) is 3.39. The van der Waals surface area contributed by atoms with Gasteiger partial charge in [-0.25, -0.2) is 0 Å². The quantitative estimate of drug-likeness (QED) is 0.648. The van der Waals surface area contributed by atoms with E-state index in [0.717, 1.165) is 72.7 Å². The SMILES string of the molecule is CCOc1cc2c(c3c1OC(C)(C)C3)C(c1cccc(C(=O)N3CCCC3)c1)=NC(C)(C)C2. The number of carbonyl (C=O) groups excluding carboxylic acids is 1. The van der Waals surface area contributed by atoms with Gasteiger partial charge in [-0.1, -0.05) is 12.1 Å². The van der Waals surface area contributed by atoms with E-state index in [4.69, 9.17) is 14.5 Å². The second-order valence-corrected chi connectivity index (χ2v) is 10.7. The van der Waals surface area contributed by atoms with Gasteiger partial charge in [-0.15, -0.1) is 0 Å². The van der Waals surface area contributed by atoms with Crippen molar-refractivity contribution in [2.45, 2.75) is 71.4 Å². The van der Waals surface area contributed by atoms with E-state index in [1.165, 1.54) is 11.1 Å². The first-order chi connectivity index (χ1) is 15.7. The molecule has 2 aromatic rings. The summed E-state index contributed by atoms with van der Waals surface area (Å²) in [6.45, 7) is 12.9. The van der Waals surface area contributed by atoms with Crippen LogP contribution < -0.4 is 9.47 Å². The number of nitrogens with zero attached hydrogens (tertiary/aromatic N) is 2. The predicted octanol–water partition coefficient (Wildman–Crippen LogP) is 5.21. The number of likely N-dealkylation sites (tertiary alicyclic amines) is 1. The van der Waals surface area contributed by atoms with Crippen molar-refractivity contribution in [3.05, 3.63) is 58.1 Å². The lowest BCUT2D eigenvalue weighted by atomic mass is 9.80. The monoisotopic (exact) mass is 446 g/mol. The lowest BCUT2D eigenvalue weighted by molar-refractivity contribution is 0.0792. The Balaban J connectivity index is 1.65. The van der Waals surface area contributed by atoms with Crippen LogP contribution in [0.25, 0.3) is 0 Å². The topological polar surface area (TPSA) is 51.1 Å². The summed E-state index contributed by atoms with van der Waals surface area (Å²) < 4.78 is 12.4. The summed E-state index contributed by atoms with van der Waals surface area (Å²) in [5.74, 6) is 1.79. The fourth-order valence-corrected chi connectivity index (χ4v) is 5.44. The van der Waals surface area contributed by atoms with E-state index in [1.807, 2.05) is 30.0 Å². The first kappa shape index (κ1) is 22.0. The van der Waals surface area contributed by atoms with E-state index in [-0.39, 0.29) is 17.0 Å². The molecule has 0 N–H and O–H groups in total. The number of hydrogen-bond acceptors (Lipinski definition) is 4. The highest BCUT2D eigenvalue weighted by Gasteiger charge is 2.40. The molecule has 0 unspecified atom stereocenters. The fourth-order valence-electron chi connectivity index (χ4n) is 5.44. The van der Waals surface area contributed by atoms with Gasteiger partial charge in [-0.05, 0) is 77.6 Å². The number of benzene rings is 2. The summed E-state index contributed by atoms with van der Waals surface area (Å²) in [4.78, 5) is 20.3. The Labute approximate surface area is 196 Å². The molecule has 3 heterocycles. The van der Waals surface area contributed by atoms with Crippen LogP contribution in [0.15, 0.2) is 35.3 Å². The third-order valence-electron chi connectivity index (χ3n) is 6.76. The second kappa shape index (κ2) is 7.89. The highest BCUT2D eigenvalue weighted by atomic mass is 16.5. The van der Waals surface area contributed by atoms with Gasteiger partial charge in [0.25, 0.3) is 5.91 Å². The Hall–Kier alpha value is -2.82. The van der Waals surface area contributed by atoms with Crippen LogP contribution in [0.4, 0.5) is 0 Å². The zero-order valence-electron chi connectivity index (χ0n) is 20.5. The van der Waals surface area contributed by atoms with Crippen molar-refractivity contribution >= 4 is 11.6 Å². The second-order valence-electron chi connectivity index (χ2n) is 10.7. The van der Waals surface area contributed by atoms with Crippen molar-refractivity contribution in [2.75, 3.05) is 19.7 Å². The van der Waals surface area contributed by atoms with Crippen LogP contribution in [0.1, 0.15) is 80.1 Å². The third-order valence-corrected chi connectivity index (χ3v) is 6.76. The Bertz CT molecular complexity index is 1140. The van der Waals surface area contributed by atoms with Gasteiger partial charge >= 0.3 is 0 Å². The molecule has 0 atom stereocenters. The summed E-state index contributed by atoms with van der Waals surface area (Å²) in [6, 6.07) is 10.2. The molecule has 0 spiro atoms. The fraction of sp³-hybridized carbons (Fsp3) is 0.500. The van der Waals surface area contributed by atoms with Crippen molar-refractivity contribution in [3.63, 3.8) is 0 Å². The molecular formula is C28H34N2O3. The van der Waals surface area contributed by atoms with Crippen molar-refractivity contribution in [3.8, 4) is 11.5 Å². The molecule has 5 rings (SSSR count). The number of ether oxygens (including phenoxy) is 2. The van der Waals surface area contributed by atoms with Crippen LogP contribution in [0.5, 0.6) is 11.5 Å². The predicted molar refractivity (Wildman–Crippen MR) is 131 cm³/mol. The smallest absolute Gasteiger partial charge is 0.253 e. The number of amides is 1. The van der Waals surface area contributed by atoms with Crippen molar-refractivity contribution in [1.29, 1.82) is 0 Å². The molecule has 3 aliphatic heterocycles. The zero-order valence-corrected chi connectivity index (χ0v) is 20.5. The zero-order chi connectivity index (χ0) is 23.4. The number of fused-ring (bicyclic) bond motifs is 3. The van der Waals surface area contributed by atoms with Gasteiger partial charge in [0.05, 0.1) is 17.9 Å². The van der Waals surface area contributed by atoms with Crippen molar-refractivity contribution in [1.82, 2.24) is 4.90 Å². The largest absolute Gasteiger partial charge is 0.490 e. The number of hydrogen-bond donors (Lipinski definition) is 0.